The molecule has 0 bridgehead atoms. The quantitative estimate of drug-likeness (QED) is 0.660. The Morgan fingerprint density at radius 2 is 2.00 bits per heavy atom. The molecular weight excluding hydrogens is 176 g/mol. The van der Waals surface area contributed by atoms with Gasteiger partial charge in [-0.25, -0.2) is 0 Å². The Morgan fingerprint density at radius 3 is 2.57 bits per heavy atom. The van der Waals surface area contributed by atoms with Crippen LogP contribution in [-0.2, 0) is 4.79 Å². The summed E-state index contributed by atoms with van der Waals surface area (Å²) in [6.45, 7) is 0.938. The summed E-state index contributed by atoms with van der Waals surface area (Å²) in [6, 6.07) is 0.842. The van der Waals surface area contributed by atoms with Crippen molar-refractivity contribution < 1.29 is 4.79 Å². The molecule has 2 aliphatic rings. The van der Waals surface area contributed by atoms with Crippen LogP contribution < -0.4 is 0 Å². The Balaban J connectivity index is 1.97. The van der Waals surface area contributed by atoms with Gasteiger partial charge in [-0.3, -0.25) is 9.69 Å². The summed E-state index contributed by atoms with van der Waals surface area (Å²) in [5.74, 6) is 0.325. The molecule has 1 amide bonds. The third kappa shape index (κ3) is 1.65. The Kier molecular flexibility index (Phi) is 2.77. The molecule has 0 aromatic heterocycles. The lowest BCUT2D eigenvalue weighted by Crippen LogP contribution is -2.54. The Labute approximate surface area is 86.1 Å². The zero-order chi connectivity index (χ0) is 10.1. The van der Waals surface area contributed by atoms with E-state index in [0.29, 0.717) is 11.9 Å². The lowest BCUT2D eigenvalue weighted by atomic mass is 9.89. The van der Waals surface area contributed by atoms with Crippen LogP contribution >= 0.6 is 0 Å². The first kappa shape index (κ1) is 9.97. The molecule has 14 heavy (non-hydrogen) atoms. The highest BCUT2D eigenvalue weighted by atomic mass is 16.2. The van der Waals surface area contributed by atoms with Crippen LogP contribution in [0.25, 0.3) is 0 Å². The van der Waals surface area contributed by atoms with Gasteiger partial charge < -0.3 is 4.90 Å². The van der Waals surface area contributed by atoms with E-state index in [-0.39, 0.29) is 6.04 Å². The van der Waals surface area contributed by atoms with E-state index in [1.807, 2.05) is 11.9 Å². The summed E-state index contributed by atoms with van der Waals surface area (Å²) in [7, 11) is 4.04. The van der Waals surface area contributed by atoms with Crippen LogP contribution in [0.15, 0.2) is 0 Å². The van der Waals surface area contributed by atoms with Gasteiger partial charge in [0.25, 0.3) is 0 Å². The normalized spacial score (nSPS) is 29.5. The van der Waals surface area contributed by atoms with E-state index >= 15 is 0 Å². The minimum Gasteiger partial charge on any atom is -0.344 e. The summed E-state index contributed by atoms with van der Waals surface area (Å²) in [5, 5.41) is 0. The Hall–Kier alpha value is -0.570. The molecule has 1 aliphatic heterocycles. The average molecular weight is 196 g/mol. The third-order valence-corrected chi connectivity index (χ3v) is 3.77. The van der Waals surface area contributed by atoms with Crippen LogP contribution in [0.2, 0.25) is 0 Å². The van der Waals surface area contributed by atoms with Gasteiger partial charge in [0, 0.05) is 19.6 Å². The van der Waals surface area contributed by atoms with Crippen LogP contribution in [0, 0.1) is 0 Å². The van der Waals surface area contributed by atoms with Gasteiger partial charge in [-0.2, -0.15) is 0 Å². The summed E-state index contributed by atoms with van der Waals surface area (Å²) >= 11 is 0. The monoisotopic (exact) mass is 196 g/mol. The first-order valence-electron chi connectivity index (χ1n) is 5.67. The Bertz CT molecular complexity index is 225. The number of piperidine rings is 1. The largest absolute Gasteiger partial charge is 0.344 e. The van der Waals surface area contributed by atoms with Gasteiger partial charge in [0.1, 0.15) is 0 Å². The van der Waals surface area contributed by atoms with Crippen molar-refractivity contribution >= 4 is 5.91 Å². The molecule has 1 heterocycles. The molecule has 1 aliphatic carbocycles. The minimum absolute atomic E-state index is 0.166. The van der Waals surface area contributed by atoms with E-state index in [1.54, 1.807) is 0 Å². The van der Waals surface area contributed by atoms with E-state index in [1.165, 1.54) is 19.3 Å². The lowest BCUT2D eigenvalue weighted by molar-refractivity contribution is -0.139. The predicted octanol–water partition coefficient (Wildman–Crippen LogP) is 1.09. The van der Waals surface area contributed by atoms with Crippen molar-refractivity contribution in [3.63, 3.8) is 0 Å². The van der Waals surface area contributed by atoms with E-state index in [4.69, 9.17) is 0 Å². The van der Waals surface area contributed by atoms with E-state index in [9.17, 15) is 4.79 Å². The van der Waals surface area contributed by atoms with Gasteiger partial charge in [0.2, 0.25) is 5.91 Å². The zero-order valence-electron chi connectivity index (χ0n) is 9.20. The molecule has 0 spiro atoms. The third-order valence-electron chi connectivity index (χ3n) is 3.77. The highest BCUT2D eigenvalue weighted by Crippen LogP contribution is 2.27. The second-order valence-electron chi connectivity index (χ2n) is 4.67. The van der Waals surface area contributed by atoms with Crippen molar-refractivity contribution in [2.45, 2.75) is 44.2 Å². The van der Waals surface area contributed by atoms with Crippen molar-refractivity contribution in [1.29, 1.82) is 0 Å². The molecular formula is C11H20N2O. The number of hydrogen-bond donors (Lipinski definition) is 0. The second kappa shape index (κ2) is 3.89. The molecule has 3 heteroatoms. The van der Waals surface area contributed by atoms with Crippen LogP contribution in [-0.4, -0.2) is 48.4 Å². The number of rotatable bonds is 2. The van der Waals surface area contributed by atoms with E-state index in [2.05, 4.69) is 11.9 Å². The maximum atomic E-state index is 11.9. The molecule has 3 nitrogen and oxygen atoms in total. The van der Waals surface area contributed by atoms with Gasteiger partial charge >= 0.3 is 0 Å². The molecule has 0 N–H and O–H groups in total. The first-order chi connectivity index (χ1) is 6.70. The fourth-order valence-electron chi connectivity index (χ4n) is 2.44. The van der Waals surface area contributed by atoms with Crippen LogP contribution in [0.4, 0.5) is 0 Å². The van der Waals surface area contributed by atoms with Crippen molar-refractivity contribution in [2.75, 3.05) is 20.6 Å². The van der Waals surface area contributed by atoms with Crippen molar-refractivity contribution in [1.82, 2.24) is 9.80 Å². The van der Waals surface area contributed by atoms with Gasteiger partial charge in [0.15, 0.2) is 0 Å². The lowest BCUT2D eigenvalue weighted by Gasteiger charge is -2.42. The van der Waals surface area contributed by atoms with Gasteiger partial charge in [-0.05, 0) is 32.7 Å². The molecule has 1 saturated carbocycles. The number of carbonyl (C=O) groups is 1. The number of amides is 1. The average Bonchev–Trinajstić information content (AvgIpc) is 2.06. The number of likely N-dealkylation sites (N-methyl/N-ethyl adjacent to an activating group) is 2. The van der Waals surface area contributed by atoms with E-state index < -0.39 is 0 Å². The number of nitrogens with zero attached hydrogens (tertiary/aromatic N) is 2. The highest BCUT2D eigenvalue weighted by Gasteiger charge is 2.34. The smallest absolute Gasteiger partial charge is 0.239 e. The topological polar surface area (TPSA) is 23.6 Å². The molecule has 1 unspecified atom stereocenters. The number of carbonyl (C=O) groups excluding carboxylic acids is 1. The van der Waals surface area contributed by atoms with E-state index in [0.717, 1.165) is 19.4 Å². The molecule has 0 aromatic rings. The van der Waals surface area contributed by atoms with Crippen LogP contribution in [0.5, 0.6) is 0 Å². The van der Waals surface area contributed by atoms with Crippen molar-refractivity contribution in [2.24, 2.45) is 0 Å². The van der Waals surface area contributed by atoms with Gasteiger partial charge in [0.05, 0.1) is 6.04 Å². The SMILES string of the molecule is CN1CCCC(N(C)C2CCC2)C1=O. The fraction of sp³-hybridized carbons (Fsp3) is 0.909. The maximum absolute atomic E-state index is 11.9. The minimum atomic E-state index is 0.166. The molecule has 2 fully saturated rings. The number of likely N-dealkylation sites (tertiary alicyclic amines) is 1. The predicted molar refractivity (Wildman–Crippen MR) is 56.1 cm³/mol. The molecule has 0 radical (unpaired) electrons. The van der Waals surface area contributed by atoms with Crippen LogP contribution in [0.1, 0.15) is 32.1 Å². The molecule has 2 rings (SSSR count). The van der Waals surface area contributed by atoms with Gasteiger partial charge in [-0.15, -0.1) is 0 Å². The molecule has 80 valence electrons. The van der Waals surface area contributed by atoms with Crippen LogP contribution in [0.3, 0.4) is 0 Å². The summed E-state index contributed by atoms with van der Waals surface area (Å²) in [6.07, 6.45) is 6.11. The first-order valence-corrected chi connectivity index (χ1v) is 5.67. The molecule has 0 aromatic carbocycles. The zero-order valence-corrected chi connectivity index (χ0v) is 9.20. The fourth-order valence-corrected chi connectivity index (χ4v) is 2.44. The maximum Gasteiger partial charge on any atom is 0.239 e. The summed E-state index contributed by atoms with van der Waals surface area (Å²) in [5.41, 5.74) is 0. The Morgan fingerprint density at radius 1 is 1.29 bits per heavy atom. The molecule has 1 atom stereocenters. The summed E-state index contributed by atoms with van der Waals surface area (Å²) < 4.78 is 0. The highest BCUT2D eigenvalue weighted by molar-refractivity contribution is 5.82. The van der Waals surface area contributed by atoms with Crippen molar-refractivity contribution in [3.05, 3.63) is 0 Å². The number of hydrogen-bond acceptors (Lipinski definition) is 2. The van der Waals surface area contributed by atoms with Crippen molar-refractivity contribution in [3.8, 4) is 0 Å². The molecule has 1 saturated heterocycles. The standard InChI is InChI=1S/C11H20N2O/c1-12-8-4-7-10(11(12)14)13(2)9-5-3-6-9/h9-10H,3-8H2,1-2H3. The second-order valence-corrected chi connectivity index (χ2v) is 4.67. The van der Waals surface area contributed by atoms with Gasteiger partial charge in [-0.1, -0.05) is 6.42 Å². The summed E-state index contributed by atoms with van der Waals surface area (Å²) in [4.78, 5) is 16.1.